The molecule has 6 aromatic carbocycles. The molecule has 14 heteroatoms. The van der Waals surface area contributed by atoms with E-state index in [1.165, 1.54) is 10.4 Å². The summed E-state index contributed by atoms with van der Waals surface area (Å²) in [5.74, 6) is -2.74. The van der Waals surface area contributed by atoms with E-state index in [-0.39, 0.29) is 56.8 Å². The second-order valence-corrected chi connectivity index (χ2v) is 22.4. The molecule has 6 rings (SSSR count). The highest BCUT2D eigenvalue weighted by molar-refractivity contribution is 7.78. The van der Waals surface area contributed by atoms with Gasteiger partial charge in [-0.25, -0.2) is 0 Å². The Morgan fingerprint density at radius 2 is 1.12 bits per heavy atom. The molecule has 3 atom stereocenters. The molecule has 0 aliphatic heterocycles. The van der Waals surface area contributed by atoms with Gasteiger partial charge in [-0.1, -0.05) is 216 Å². The first-order chi connectivity index (χ1) is 38.8. The quantitative estimate of drug-likeness (QED) is 0.0139. The summed E-state index contributed by atoms with van der Waals surface area (Å²) in [6, 6.07) is 52.3. The Hall–Kier alpha value is -7.39. The van der Waals surface area contributed by atoms with Crippen LogP contribution in [0, 0.1) is 5.92 Å². The van der Waals surface area contributed by atoms with Crippen molar-refractivity contribution in [3.05, 3.63) is 228 Å². The van der Waals surface area contributed by atoms with Gasteiger partial charge >= 0.3 is 11.9 Å². The van der Waals surface area contributed by atoms with Gasteiger partial charge < -0.3 is 25.0 Å². The predicted molar refractivity (Wildman–Crippen MR) is 326 cm³/mol. The van der Waals surface area contributed by atoms with E-state index in [1.54, 1.807) is 39.0 Å². The van der Waals surface area contributed by atoms with E-state index in [0.29, 0.717) is 30.5 Å². The van der Waals surface area contributed by atoms with Gasteiger partial charge in [-0.2, -0.15) is 0 Å². The van der Waals surface area contributed by atoms with Gasteiger partial charge in [0.1, 0.15) is 24.0 Å². The Bertz CT molecular complexity index is 2960. The van der Waals surface area contributed by atoms with E-state index < -0.39 is 64.3 Å². The highest BCUT2D eigenvalue weighted by Gasteiger charge is 2.42. The molecule has 3 N–H and O–H groups in total. The molecular formula is C67H77N3O9S2. The topological polar surface area (TPSA) is 163 Å². The van der Waals surface area contributed by atoms with Crippen LogP contribution in [0.1, 0.15) is 126 Å². The minimum absolute atomic E-state index is 0.0112. The lowest BCUT2D eigenvalue weighted by Crippen LogP contribution is -2.46. The van der Waals surface area contributed by atoms with Crippen LogP contribution in [0.4, 0.5) is 5.69 Å². The van der Waals surface area contributed by atoms with E-state index in [4.69, 9.17) is 22.3 Å². The molecule has 0 aliphatic rings. The molecule has 6 aromatic rings. The Balaban J connectivity index is 1.28. The summed E-state index contributed by atoms with van der Waals surface area (Å²) < 4.78 is 13.1. The number of thiol groups is 2. The summed E-state index contributed by atoms with van der Waals surface area (Å²) in [6.45, 7) is 12.5. The number of aliphatic hydroxyl groups is 1. The summed E-state index contributed by atoms with van der Waals surface area (Å²) in [6.07, 6.45) is 5.22. The van der Waals surface area contributed by atoms with Crippen molar-refractivity contribution in [2.75, 3.05) is 11.9 Å². The second-order valence-electron chi connectivity index (χ2n) is 21.5. The molecule has 81 heavy (non-hydrogen) atoms. The number of carbonyl (C=O) groups excluding carboxylic acids is 5. The number of nitrogens with one attached hydrogen (secondary N) is 1. The molecule has 426 valence electrons. The summed E-state index contributed by atoms with van der Waals surface area (Å²) in [7, 11) is 0. The van der Waals surface area contributed by atoms with Crippen LogP contribution in [0.2, 0.25) is 0 Å². The molecule has 0 heterocycles. The van der Waals surface area contributed by atoms with Gasteiger partial charge in [0.05, 0.1) is 18.6 Å². The first kappa shape index (κ1) is 62.8. The highest BCUT2D eigenvalue weighted by atomic mass is 32.1. The maximum atomic E-state index is 15.0. The summed E-state index contributed by atoms with van der Waals surface area (Å²) in [5, 5.41) is 25.1. The fourth-order valence-corrected chi connectivity index (χ4v) is 11.5. The molecular weight excluding hydrogens is 1050 g/mol. The molecule has 0 saturated heterocycles. The molecule has 0 radical (unpaired) electrons. The minimum atomic E-state index is -1.28. The average Bonchev–Trinajstić information content (AvgIpc) is 3.53. The zero-order valence-electron chi connectivity index (χ0n) is 47.0. The fourth-order valence-electron chi connectivity index (χ4n) is 10.7. The number of phenolic OH excluding ortho intramolecular Hbond substituents is 1. The number of aliphatic hydroxyl groups excluding tert-OH is 1. The van der Waals surface area contributed by atoms with Gasteiger partial charge in [-0.15, -0.1) is 0 Å². The van der Waals surface area contributed by atoms with Crippen molar-refractivity contribution in [1.29, 1.82) is 0 Å². The number of para-hydroxylation sites is 1. The summed E-state index contributed by atoms with van der Waals surface area (Å²) >= 11 is 9.37. The number of phenols is 1. The van der Waals surface area contributed by atoms with Crippen molar-refractivity contribution in [2.24, 2.45) is 5.92 Å². The molecule has 0 fully saturated rings. The fraction of sp³-hybridized carbons (Fsp3) is 0.328. The monoisotopic (exact) mass is 1130 g/mol. The standard InChI is InChI=1S/C67H77N3O9S2/c1-7-45-78-62(76)47-58(72)63(48(2)3)70(81)60(74)42-44-67(51-31-18-12-19-32-51,52-33-20-13-21-34-52)55-37-23-24-38-56(55)68-64(77)57(40-41-61(75)79-65(4,5)6)69(80)59(73)39-22-8-9-25-43-66(49-27-14-10-15-28-49,50-29-16-11-17-30-50)53-35-26-36-54(71)46-53/h7-21,23-24,26-38,46,48,57-58,63,71-72,80-81H,1,22,25,39-45,47H2,2-6H3,(H,68,77)/t57?,58-,63+/m0/s1. The maximum Gasteiger partial charge on any atom is 0.308 e. The number of esters is 2. The summed E-state index contributed by atoms with van der Waals surface area (Å²) in [5.41, 5.74) is 3.26. The number of anilines is 1. The lowest BCUT2D eigenvalue weighted by Gasteiger charge is -2.39. The van der Waals surface area contributed by atoms with Crippen molar-refractivity contribution >= 4 is 61.0 Å². The molecule has 1 unspecified atom stereocenters. The third kappa shape index (κ3) is 16.6. The maximum absolute atomic E-state index is 15.0. The van der Waals surface area contributed by atoms with Gasteiger partial charge in [0.25, 0.3) is 0 Å². The van der Waals surface area contributed by atoms with E-state index in [2.05, 4.69) is 49.0 Å². The zero-order valence-corrected chi connectivity index (χ0v) is 48.8. The number of allylic oxidation sites excluding steroid dienone is 2. The van der Waals surface area contributed by atoms with Crippen LogP contribution in [0.5, 0.6) is 5.75 Å². The van der Waals surface area contributed by atoms with Gasteiger partial charge in [0, 0.05) is 35.8 Å². The number of hydrogen-bond acceptors (Lipinski definition) is 11. The molecule has 12 nitrogen and oxygen atoms in total. The molecule has 3 amide bonds. The Morgan fingerprint density at radius 1 is 0.617 bits per heavy atom. The molecule has 0 aliphatic carbocycles. The molecule has 0 spiro atoms. The Labute approximate surface area is 489 Å². The van der Waals surface area contributed by atoms with Crippen LogP contribution in [-0.2, 0) is 44.3 Å². The Kier molecular flexibility index (Phi) is 23.2. The first-order valence-electron chi connectivity index (χ1n) is 27.6. The number of ether oxygens (including phenoxy) is 2. The van der Waals surface area contributed by atoms with E-state index in [9.17, 15) is 29.4 Å². The van der Waals surface area contributed by atoms with Crippen LogP contribution < -0.4 is 5.32 Å². The van der Waals surface area contributed by atoms with Crippen LogP contribution in [0.25, 0.3) is 0 Å². The lowest BCUT2D eigenvalue weighted by atomic mass is 9.66. The van der Waals surface area contributed by atoms with E-state index in [0.717, 1.165) is 32.1 Å². The van der Waals surface area contributed by atoms with Gasteiger partial charge in [0.15, 0.2) is 0 Å². The Morgan fingerprint density at radius 3 is 1.65 bits per heavy atom. The first-order valence-corrected chi connectivity index (χ1v) is 28.4. The van der Waals surface area contributed by atoms with Crippen LogP contribution in [-0.4, -0.2) is 78.9 Å². The average molecular weight is 1130 g/mol. The van der Waals surface area contributed by atoms with Crippen LogP contribution in [0.3, 0.4) is 0 Å². The normalized spacial score (nSPS) is 13.0. The zero-order chi connectivity index (χ0) is 58.6. The molecule has 0 bridgehead atoms. The SMILES string of the molecule is C=CCOC(=O)C[C@H](O)[C@@H](C(C)C)N(S)C(=O)CCC(c1ccccc1)(c1ccccc1)c1ccccc1NC(=O)C(CCC(=O)OC(C)(C)C)N(S)C(=O)CCC=CCCC(c1ccccc1)(c1ccccc1)c1cccc(O)c1. The van der Waals surface area contributed by atoms with Gasteiger partial charge in [0.2, 0.25) is 17.7 Å². The van der Waals surface area contributed by atoms with Crippen LogP contribution in [0.15, 0.2) is 195 Å². The third-order valence-electron chi connectivity index (χ3n) is 14.4. The van der Waals surface area contributed by atoms with E-state index >= 15 is 4.79 Å². The number of amides is 3. The van der Waals surface area contributed by atoms with Crippen molar-refractivity contribution in [1.82, 2.24) is 8.61 Å². The minimum Gasteiger partial charge on any atom is -0.508 e. The second kappa shape index (κ2) is 29.9. The van der Waals surface area contributed by atoms with Gasteiger partial charge in [-0.3, -0.25) is 32.6 Å². The van der Waals surface area contributed by atoms with E-state index in [1.807, 2.05) is 153 Å². The third-order valence-corrected chi connectivity index (χ3v) is 15.4. The predicted octanol–water partition coefficient (Wildman–Crippen LogP) is 12.9. The number of nitrogens with zero attached hydrogens (tertiary/aromatic N) is 2. The van der Waals surface area contributed by atoms with Crippen LogP contribution >= 0.6 is 25.6 Å². The summed E-state index contributed by atoms with van der Waals surface area (Å²) in [4.78, 5) is 69.6. The number of rotatable bonds is 28. The number of aromatic hydroxyl groups is 1. The number of benzene rings is 6. The largest absolute Gasteiger partial charge is 0.508 e. The lowest BCUT2D eigenvalue weighted by molar-refractivity contribution is -0.155. The van der Waals surface area contributed by atoms with Crippen molar-refractivity contribution in [2.45, 2.75) is 127 Å². The van der Waals surface area contributed by atoms with Crippen molar-refractivity contribution in [3.8, 4) is 5.75 Å². The van der Waals surface area contributed by atoms with Crippen molar-refractivity contribution < 1.29 is 43.7 Å². The smallest absolute Gasteiger partial charge is 0.308 e. The van der Waals surface area contributed by atoms with Gasteiger partial charge in [-0.05, 0) is 110 Å². The number of hydrogen-bond donors (Lipinski definition) is 5. The number of carbonyl (C=O) groups is 5. The molecule has 0 saturated carbocycles. The van der Waals surface area contributed by atoms with Crippen molar-refractivity contribution in [3.63, 3.8) is 0 Å². The molecule has 0 aromatic heterocycles. The highest BCUT2D eigenvalue weighted by Crippen LogP contribution is 2.47.